The fraction of sp³-hybridized carbons (Fsp3) is 0.549. The van der Waals surface area contributed by atoms with Crippen LogP contribution in [0.2, 0.25) is 0 Å². The number of hydrogen-bond donors (Lipinski definition) is 4. The maximum atomic E-state index is 11.0. The largest absolute Gasteiger partial charge is 2.00 e. The summed E-state index contributed by atoms with van der Waals surface area (Å²) < 4.78 is 0. The number of aromatic carboxylic acids is 2. The third-order valence-corrected chi connectivity index (χ3v) is 14.7. The van der Waals surface area contributed by atoms with Gasteiger partial charge in [-0.1, -0.05) is 170 Å². The van der Waals surface area contributed by atoms with Crippen LogP contribution in [0, 0.1) is 11.8 Å². The summed E-state index contributed by atoms with van der Waals surface area (Å²) in [5.41, 5.74) is 11.5. The Morgan fingerprint density at radius 3 is 1.18 bits per heavy atom. The van der Waals surface area contributed by atoms with Crippen LogP contribution in [0.15, 0.2) is 70.7 Å². The summed E-state index contributed by atoms with van der Waals surface area (Å²) in [6.45, 7) is 21.0. The zero-order valence-corrected chi connectivity index (χ0v) is 52.9. The molecule has 0 saturated carbocycles. The van der Waals surface area contributed by atoms with E-state index >= 15 is 0 Å². The normalized spacial score (nSPS) is 11.3. The van der Waals surface area contributed by atoms with Crippen LogP contribution >= 0.6 is 0 Å². The standard InChI is InChI=1S/C45H68N2.2C13H18O4.Ni/c1-7-13-18-19-20-21-22-23-24-25-31-45(47-43-35-33-39(28-15-9-3)41(37-43)30-17-11-5)44(26-12-6)46-42-34-32-38(27-14-8-2)40(36-42)29-16-10-4;2*1-3-5-6-8-7-10(14)12(15)11(13(16)17)9(8)4-2;/h25,31-37H,7-11,13-24,27-30H2,1-6H3;2*7,14-15H,3-6H2,1-2H3,(H,16,17);/q;;;+2/p-2. The van der Waals surface area contributed by atoms with Crippen LogP contribution in [-0.2, 0) is 67.9 Å². The average molecular weight is 1170 g/mol. The van der Waals surface area contributed by atoms with Crippen LogP contribution < -0.4 is 10.2 Å². The van der Waals surface area contributed by atoms with Crippen molar-refractivity contribution in [2.24, 2.45) is 9.98 Å². The molecule has 0 aromatic heterocycles. The number of benzene rings is 4. The van der Waals surface area contributed by atoms with Gasteiger partial charge >= 0.3 is 16.5 Å². The number of aryl methyl sites for hydroxylation is 6. The van der Waals surface area contributed by atoms with Gasteiger partial charge in [-0.25, -0.2) is 9.98 Å². The van der Waals surface area contributed by atoms with Crippen LogP contribution in [-0.4, -0.2) is 43.8 Å². The molecule has 4 aromatic carbocycles. The van der Waals surface area contributed by atoms with Gasteiger partial charge in [-0.3, -0.25) is 0 Å². The molecule has 10 nitrogen and oxygen atoms in total. The minimum atomic E-state index is -1.45. The summed E-state index contributed by atoms with van der Waals surface area (Å²) >= 11 is 0. The molecule has 454 valence electrons. The van der Waals surface area contributed by atoms with E-state index in [1.807, 2.05) is 34.6 Å². The molecule has 4 rings (SSSR count). The van der Waals surface area contributed by atoms with Gasteiger partial charge in [0.15, 0.2) is 23.0 Å². The van der Waals surface area contributed by atoms with E-state index in [9.17, 15) is 40.2 Å². The molecule has 4 N–H and O–H groups in total. The number of hydrogen-bond acceptors (Lipinski definition) is 10. The number of unbranched alkanes of at least 4 members (excludes halogenated alkanes) is 14. The summed E-state index contributed by atoms with van der Waals surface area (Å²) in [5, 5.41) is 60.1. The number of carboxylic acid groups (broad SMARTS) is 2. The zero-order chi connectivity index (χ0) is 60.0. The molecule has 0 atom stereocenters. The fourth-order valence-corrected chi connectivity index (χ4v) is 10.0. The second kappa shape index (κ2) is 43.8. The number of aromatic hydroxyl groups is 4. The Morgan fingerprint density at radius 1 is 0.463 bits per heavy atom. The smallest absolute Gasteiger partial charge is 0.545 e. The second-order valence-electron chi connectivity index (χ2n) is 21.3. The molecule has 0 radical (unpaired) electrons. The van der Waals surface area contributed by atoms with E-state index in [4.69, 9.17) is 9.98 Å². The fourth-order valence-electron chi connectivity index (χ4n) is 10.0. The van der Waals surface area contributed by atoms with E-state index < -0.39 is 34.9 Å². The van der Waals surface area contributed by atoms with Crippen LogP contribution in [0.4, 0.5) is 11.4 Å². The number of allylic oxidation sites excluding steroid dienone is 2. The molecule has 0 aliphatic rings. The molecular formula is C71H102N2NiO8. The maximum Gasteiger partial charge on any atom is 2.00 e. The van der Waals surface area contributed by atoms with Crippen LogP contribution in [0.1, 0.15) is 269 Å². The summed E-state index contributed by atoms with van der Waals surface area (Å²) in [6, 6.07) is 16.5. The van der Waals surface area contributed by atoms with Gasteiger partial charge in [0.25, 0.3) is 0 Å². The SMILES string of the molecule is CC#CC(=Nc1ccc(CCCC)c(CCCC)c1)C(C=CCCCCCCCCCC)=Nc1ccc(CCCC)c(CCCC)c1.CCCCc1cc(O)c(O)c(C(=O)[O-])c1CC.CCCCc1cc(O)c(O)c(C(=O)[O-])c1CC.[Ni+2]. The van der Waals surface area contributed by atoms with E-state index in [0.29, 0.717) is 36.8 Å². The Labute approximate surface area is 505 Å². The van der Waals surface area contributed by atoms with Gasteiger partial charge in [0, 0.05) is 11.1 Å². The first-order valence-corrected chi connectivity index (χ1v) is 31.2. The van der Waals surface area contributed by atoms with Crippen molar-refractivity contribution in [2.75, 3.05) is 0 Å². The number of phenols is 4. The Bertz CT molecular complexity index is 2590. The van der Waals surface area contributed by atoms with Gasteiger partial charge in [-0.15, -0.1) is 0 Å². The number of nitrogens with zero attached hydrogens (tertiary/aromatic N) is 2. The van der Waals surface area contributed by atoms with Crippen molar-refractivity contribution in [1.82, 2.24) is 0 Å². The molecule has 0 aliphatic carbocycles. The molecule has 0 heterocycles. The number of carbonyl (C=O) groups excluding carboxylic acids is 2. The van der Waals surface area contributed by atoms with Crippen LogP contribution in [0.3, 0.4) is 0 Å². The summed E-state index contributed by atoms with van der Waals surface area (Å²) in [4.78, 5) is 32.5. The molecule has 0 aliphatic heterocycles. The number of rotatable bonds is 35. The second-order valence-corrected chi connectivity index (χ2v) is 21.3. The molecule has 82 heavy (non-hydrogen) atoms. The van der Waals surface area contributed by atoms with Crippen LogP contribution in [0.5, 0.6) is 23.0 Å². The predicted octanol–water partition coefficient (Wildman–Crippen LogP) is 16.7. The Hall–Kier alpha value is -5.85. The van der Waals surface area contributed by atoms with Crippen molar-refractivity contribution in [3.8, 4) is 34.8 Å². The van der Waals surface area contributed by atoms with Crippen LogP contribution in [0.25, 0.3) is 0 Å². The first kappa shape index (κ1) is 74.2. The predicted molar refractivity (Wildman–Crippen MR) is 336 cm³/mol. The average Bonchev–Trinajstić information content (AvgIpc) is 3.65. The molecular weight excluding hydrogens is 1070 g/mol. The van der Waals surface area contributed by atoms with Crippen molar-refractivity contribution in [2.45, 2.75) is 255 Å². The summed E-state index contributed by atoms with van der Waals surface area (Å²) in [5.74, 6) is 1.63. The first-order chi connectivity index (χ1) is 39.1. The Morgan fingerprint density at radius 2 is 0.817 bits per heavy atom. The molecule has 4 aromatic rings. The van der Waals surface area contributed by atoms with Gasteiger partial charge in [0.1, 0.15) is 5.71 Å². The molecule has 11 heteroatoms. The van der Waals surface area contributed by atoms with E-state index in [-0.39, 0.29) is 27.6 Å². The van der Waals surface area contributed by atoms with E-state index in [0.717, 1.165) is 91.7 Å². The van der Waals surface area contributed by atoms with Gasteiger partial charge in [0.05, 0.1) is 29.0 Å². The minimum Gasteiger partial charge on any atom is -0.545 e. The molecule has 0 unspecified atom stereocenters. The number of carboxylic acids is 2. The first-order valence-electron chi connectivity index (χ1n) is 31.2. The van der Waals surface area contributed by atoms with Crippen molar-refractivity contribution < 1.29 is 56.7 Å². The third kappa shape index (κ3) is 26.2. The maximum absolute atomic E-state index is 11.0. The molecule has 0 fully saturated rings. The molecule has 0 amide bonds. The van der Waals surface area contributed by atoms with Gasteiger partial charge in [-0.05, 0) is 203 Å². The number of aliphatic imine (C=N–C) groups is 2. The summed E-state index contributed by atoms with van der Waals surface area (Å²) in [6.07, 6.45) is 36.6. The number of phenolic OH excluding ortho intramolecular Hbond substituents is 2. The van der Waals surface area contributed by atoms with E-state index in [2.05, 4.69) is 95.0 Å². The van der Waals surface area contributed by atoms with Crippen molar-refractivity contribution >= 4 is 34.7 Å². The van der Waals surface area contributed by atoms with Crippen molar-refractivity contribution in [3.05, 3.63) is 116 Å². The monoisotopic (exact) mass is 1170 g/mol. The topological polar surface area (TPSA) is 186 Å². The number of carbonyl (C=O) groups is 2. The quantitative estimate of drug-likeness (QED) is 0.0115. The molecule has 0 saturated heterocycles. The van der Waals surface area contributed by atoms with Gasteiger partial charge < -0.3 is 40.2 Å². The minimum absolute atomic E-state index is 0. The molecule has 0 spiro atoms. The van der Waals surface area contributed by atoms with Crippen molar-refractivity contribution in [3.63, 3.8) is 0 Å². The third-order valence-electron chi connectivity index (χ3n) is 14.7. The van der Waals surface area contributed by atoms with Gasteiger partial charge in [0.2, 0.25) is 0 Å². The Balaban J connectivity index is 0.000000777. The van der Waals surface area contributed by atoms with Crippen molar-refractivity contribution in [1.29, 1.82) is 0 Å². The Kier molecular flexibility index (Phi) is 39.6. The zero-order valence-electron chi connectivity index (χ0n) is 51.9. The van der Waals surface area contributed by atoms with E-state index in [1.54, 1.807) is 0 Å². The molecule has 0 bridgehead atoms. The summed E-state index contributed by atoms with van der Waals surface area (Å²) in [7, 11) is 0. The van der Waals surface area contributed by atoms with E-state index in [1.165, 1.54) is 137 Å². The van der Waals surface area contributed by atoms with Gasteiger partial charge in [-0.2, -0.15) is 0 Å².